The van der Waals surface area contributed by atoms with Crippen molar-refractivity contribution < 1.29 is 14.3 Å². The van der Waals surface area contributed by atoms with E-state index in [1.165, 1.54) is 6.07 Å². The van der Waals surface area contributed by atoms with E-state index in [4.69, 9.17) is 27.9 Å². The van der Waals surface area contributed by atoms with Gasteiger partial charge >= 0.3 is 5.97 Å². The highest BCUT2D eigenvalue weighted by molar-refractivity contribution is 7.11. The third-order valence-corrected chi connectivity index (χ3v) is 4.06. The minimum atomic E-state index is -0.496. The molecule has 0 bridgehead atoms. The van der Waals surface area contributed by atoms with Crippen molar-refractivity contribution in [1.82, 2.24) is 4.37 Å². The standard InChI is InChI=1S/C13H10Cl2N2O3S/c1-2-20-13(19)7-4-3-5-8(6-7)16-12(18)10-9(14)11(15)21-17-10/h3-6H,2H2,1H3,(H,16,18). The van der Waals surface area contributed by atoms with Gasteiger partial charge < -0.3 is 10.1 Å². The number of ether oxygens (including phenoxy) is 1. The number of aromatic nitrogens is 1. The van der Waals surface area contributed by atoms with Crippen molar-refractivity contribution >= 4 is 52.3 Å². The monoisotopic (exact) mass is 344 g/mol. The molecule has 0 aliphatic rings. The van der Waals surface area contributed by atoms with Gasteiger partial charge in [-0.3, -0.25) is 4.79 Å². The van der Waals surface area contributed by atoms with Crippen LogP contribution in [-0.2, 0) is 4.74 Å². The first kappa shape index (κ1) is 15.8. The van der Waals surface area contributed by atoms with Gasteiger partial charge in [-0.05, 0) is 36.7 Å². The Balaban J connectivity index is 2.16. The van der Waals surface area contributed by atoms with Crippen LogP contribution in [0.2, 0.25) is 9.36 Å². The average molecular weight is 345 g/mol. The lowest BCUT2D eigenvalue weighted by Gasteiger charge is -2.06. The summed E-state index contributed by atoms with van der Waals surface area (Å²) in [4.78, 5) is 23.7. The number of anilines is 1. The number of hydrogen-bond donors (Lipinski definition) is 1. The first-order chi connectivity index (χ1) is 10.0. The molecule has 0 aliphatic carbocycles. The zero-order valence-electron chi connectivity index (χ0n) is 10.9. The molecular formula is C13H10Cl2N2O3S. The second kappa shape index (κ2) is 6.89. The van der Waals surface area contributed by atoms with Gasteiger partial charge in [0.2, 0.25) is 0 Å². The highest BCUT2D eigenvalue weighted by Crippen LogP contribution is 2.29. The molecule has 0 atom stereocenters. The van der Waals surface area contributed by atoms with Crippen LogP contribution in [0.15, 0.2) is 24.3 Å². The zero-order valence-corrected chi connectivity index (χ0v) is 13.2. The SMILES string of the molecule is CCOC(=O)c1cccc(NC(=O)c2nsc(Cl)c2Cl)c1. The van der Waals surface area contributed by atoms with Crippen LogP contribution in [0.5, 0.6) is 0 Å². The number of carbonyl (C=O) groups excluding carboxylic acids is 2. The number of nitrogens with one attached hydrogen (secondary N) is 1. The first-order valence-electron chi connectivity index (χ1n) is 5.92. The molecule has 1 heterocycles. The second-order valence-corrected chi connectivity index (χ2v) is 5.63. The molecule has 1 N–H and O–H groups in total. The fourth-order valence-corrected chi connectivity index (χ4v) is 2.53. The van der Waals surface area contributed by atoms with Crippen molar-refractivity contribution in [1.29, 1.82) is 0 Å². The molecule has 0 saturated heterocycles. The Labute approximate surface area is 135 Å². The largest absolute Gasteiger partial charge is 0.462 e. The zero-order chi connectivity index (χ0) is 15.4. The molecule has 2 aromatic rings. The molecule has 8 heteroatoms. The van der Waals surface area contributed by atoms with E-state index in [0.717, 1.165) is 11.5 Å². The van der Waals surface area contributed by atoms with Crippen molar-refractivity contribution in [3.63, 3.8) is 0 Å². The maximum Gasteiger partial charge on any atom is 0.338 e. The molecule has 5 nitrogen and oxygen atoms in total. The van der Waals surface area contributed by atoms with Crippen molar-refractivity contribution in [2.75, 3.05) is 11.9 Å². The Kier molecular flexibility index (Phi) is 5.17. The van der Waals surface area contributed by atoms with Crippen LogP contribution >= 0.6 is 34.7 Å². The Morgan fingerprint density at radius 1 is 1.38 bits per heavy atom. The predicted molar refractivity (Wildman–Crippen MR) is 82.5 cm³/mol. The van der Waals surface area contributed by atoms with E-state index in [0.29, 0.717) is 11.3 Å². The van der Waals surface area contributed by atoms with Crippen LogP contribution in [0, 0.1) is 0 Å². The van der Waals surface area contributed by atoms with Crippen LogP contribution in [0.3, 0.4) is 0 Å². The summed E-state index contributed by atoms with van der Waals surface area (Å²) in [6.07, 6.45) is 0. The number of rotatable bonds is 4. The lowest BCUT2D eigenvalue weighted by Crippen LogP contribution is -2.13. The predicted octanol–water partition coefficient (Wildman–Crippen LogP) is 3.88. The molecule has 110 valence electrons. The molecule has 2 rings (SSSR count). The second-order valence-electron chi connectivity index (χ2n) is 3.87. The van der Waals surface area contributed by atoms with E-state index < -0.39 is 11.9 Å². The Bertz CT molecular complexity index is 688. The topological polar surface area (TPSA) is 68.3 Å². The number of carbonyl (C=O) groups is 2. The molecule has 1 aromatic carbocycles. The lowest BCUT2D eigenvalue weighted by atomic mass is 10.2. The summed E-state index contributed by atoms with van der Waals surface area (Å²) in [5.74, 6) is -0.951. The average Bonchev–Trinajstić information content (AvgIpc) is 2.79. The van der Waals surface area contributed by atoms with Crippen molar-refractivity contribution in [2.24, 2.45) is 0 Å². The molecule has 21 heavy (non-hydrogen) atoms. The van der Waals surface area contributed by atoms with E-state index in [9.17, 15) is 9.59 Å². The molecular weight excluding hydrogens is 335 g/mol. The summed E-state index contributed by atoms with van der Waals surface area (Å²) in [5.41, 5.74) is 0.830. The van der Waals surface area contributed by atoms with E-state index >= 15 is 0 Å². The van der Waals surface area contributed by atoms with Gasteiger partial charge in [0.1, 0.15) is 9.36 Å². The van der Waals surface area contributed by atoms with E-state index in [2.05, 4.69) is 9.69 Å². The van der Waals surface area contributed by atoms with Gasteiger partial charge in [-0.15, -0.1) is 0 Å². The molecule has 0 aliphatic heterocycles. The Morgan fingerprint density at radius 3 is 2.76 bits per heavy atom. The number of halogens is 2. The highest BCUT2D eigenvalue weighted by atomic mass is 35.5. The number of esters is 1. The molecule has 1 amide bonds. The summed E-state index contributed by atoms with van der Waals surface area (Å²) in [5, 5.41) is 2.72. The summed E-state index contributed by atoms with van der Waals surface area (Å²) >= 11 is 12.6. The fourth-order valence-electron chi connectivity index (χ4n) is 1.53. The quantitative estimate of drug-likeness (QED) is 0.854. The summed E-state index contributed by atoms with van der Waals surface area (Å²) < 4.78 is 9.02. The van der Waals surface area contributed by atoms with Crippen LogP contribution in [0.1, 0.15) is 27.8 Å². The fraction of sp³-hybridized carbons (Fsp3) is 0.154. The van der Waals surface area contributed by atoms with Gasteiger partial charge in [-0.1, -0.05) is 29.3 Å². The van der Waals surface area contributed by atoms with E-state index in [-0.39, 0.29) is 21.7 Å². The Hall–Kier alpha value is -1.63. The van der Waals surface area contributed by atoms with Crippen molar-refractivity contribution in [2.45, 2.75) is 6.92 Å². The van der Waals surface area contributed by atoms with Gasteiger partial charge in [0.25, 0.3) is 5.91 Å². The van der Waals surface area contributed by atoms with Crippen molar-refractivity contribution in [3.8, 4) is 0 Å². The minimum absolute atomic E-state index is 0.0493. The van der Waals surface area contributed by atoms with Crippen LogP contribution in [0.4, 0.5) is 5.69 Å². The van der Waals surface area contributed by atoms with Gasteiger partial charge in [-0.25, -0.2) is 4.79 Å². The summed E-state index contributed by atoms with van der Waals surface area (Å²) in [6, 6.07) is 6.39. The Morgan fingerprint density at radius 2 is 2.14 bits per heavy atom. The van der Waals surface area contributed by atoms with Crippen LogP contribution in [0.25, 0.3) is 0 Å². The molecule has 0 fully saturated rings. The summed E-state index contributed by atoms with van der Waals surface area (Å²) in [6.45, 7) is 2.00. The van der Waals surface area contributed by atoms with Gasteiger partial charge in [0.05, 0.1) is 12.2 Å². The number of benzene rings is 1. The van der Waals surface area contributed by atoms with Crippen molar-refractivity contribution in [3.05, 3.63) is 44.9 Å². The van der Waals surface area contributed by atoms with Crippen LogP contribution in [-0.4, -0.2) is 22.9 Å². The van der Waals surface area contributed by atoms with Crippen LogP contribution < -0.4 is 5.32 Å². The van der Waals surface area contributed by atoms with E-state index in [1.807, 2.05) is 0 Å². The minimum Gasteiger partial charge on any atom is -0.462 e. The molecule has 1 aromatic heterocycles. The highest BCUT2D eigenvalue weighted by Gasteiger charge is 2.18. The molecule has 0 saturated carbocycles. The number of amides is 1. The number of nitrogens with zero attached hydrogens (tertiary/aromatic N) is 1. The maximum absolute atomic E-state index is 12.0. The maximum atomic E-state index is 12.0. The third kappa shape index (κ3) is 3.72. The normalized spacial score (nSPS) is 10.2. The first-order valence-corrected chi connectivity index (χ1v) is 7.45. The molecule has 0 spiro atoms. The van der Waals surface area contributed by atoms with E-state index in [1.54, 1.807) is 25.1 Å². The van der Waals surface area contributed by atoms with Gasteiger partial charge in [0.15, 0.2) is 5.69 Å². The third-order valence-electron chi connectivity index (χ3n) is 2.44. The number of hydrogen-bond acceptors (Lipinski definition) is 5. The smallest absolute Gasteiger partial charge is 0.338 e. The molecule has 0 radical (unpaired) electrons. The van der Waals surface area contributed by atoms with Gasteiger partial charge in [-0.2, -0.15) is 4.37 Å². The molecule has 0 unspecified atom stereocenters. The van der Waals surface area contributed by atoms with Gasteiger partial charge in [0, 0.05) is 5.69 Å². The lowest BCUT2D eigenvalue weighted by molar-refractivity contribution is 0.0526. The summed E-state index contributed by atoms with van der Waals surface area (Å²) in [7, 11) is 0.